The highest BCUT2D eigenvalue weighted by Crippen LogP contribution is 2.46. The van der Waals surface area contributed by atoms with Gasteiger partial charge in [-0.2, -0.15) is 0 Å². The molecule has 0 spiro atoms. The third kappa shape index (κ3) is 3.43. The molecule has 2 aromatic heterocycles. The lowest BCUT2D eigenvalue weighted by atomic mass is 9.89. The molecule has 0 fully saturated rings. The van der Waals surface area contributed by atoms with Gasteiger partial charge in [-0.05, 0) is 35.4 Å². The second kappa shape index (κ2) is 8.03. The van der Waals surface area contributed by atoms with E-state index in [1.807, 2.05) is 24.3 Å². The van der Waals surface area contributed by atoms with Crippen molar-refractivity contribution in [2.24, 2.45) is 0 Å². The average Bonchev–Trinajstić information content (AvgIpc) is 3.12. The summed E-state index contributed by atoms with van der Waals surface area (Å²) in [6.07, 6.45) is 0.359. The molecule has 0 unspecified atom stereocenters. The van der Waals surface area contributed by atoms with Crippen molar-refractivity contribution in [1.82, 2.24) is 4.98 Å². The van der Waals surface area contributed by atoms with Crippen LogP contribution in [-0.2, 0) is 11.2 Å². The normalized spacial score (nSPS) is 12.8. The Balaban J connectivity index is 1.92. The summed E-state index contributed by atoms with van der Waals surface area (Å²) in [6, 6.07) is 12.8. The zero-order valence-electron chi connectivity index (χ0n) is 16.8. The second-order valence-corrected chi connectivity index (χ2v) is 9.19. The minimum atomic E-state index is -0.223. The molecule has 8 heteroatoms. The Labute approximate surface area is 201 Å². The Kier molecular flexibility index (Phi) is 5.32. The summed E-state index contributed by atoms with van der Waals surface area (Å²) >= 11 is 16.1. The number of aromatic nitrogens is 1. The third-order valence-corrected chi connectivity index (χ3v) is 6.50. The van der Waals surface area contributed by atoms with Crippen molar-refractivity contribution in [2.75, 3.05) is 5.32 Å². The third-order valence-electron chi connectivity index (χ3n) is 5.44. The number of furan rings is 1. The van der Waals surface area contributed by atoms with Crippen LogP contribution in [0, 0.1) is 0 Å². The highest BCUT2D eigenvalue weighted by molar-refractivity contribution is 9.10. The van der Waals surface area contributed by atoms with E-state index in [4.69, 9.17) is 32.6 Å². The number of nitrogens with zero attached hydrogens (tertiary/aromatic N) is 1. The monoisotopic (exact) mass is 528 g/mol. The van der Waals surface area contributed by atoms with E-state index in [-0.39, 0.29) is 30.3 Å². The topological polar surface area (TPSA) is 72.2 Å². The molecule has 1 N–H and O–H groups in total. The Morgan fingerprint density at radius 1 is 1.19 bits per heavy atom. The molecule has 0 radical (unpaired) electrons. The molecule has 4 aromatic rings. The van der Waals surface area contributed by atoms with Crippen molar-refractivity contribution in [3.8, 4) is 22.4 Å². The van der Waals surface area contributed by atoms with Gasteiger partial charge in [0.1, 0.15) is 5.69 Å². The van der Waals surface area contributed by atoms with Crippen LogP contribution in [-0.4, -0.2) is 16.7 Å². The highest BCUT2D eigenvalue weighted by Gasteiger charge is 2.32. The molecule has 5 rings (SSSR count). The summed E-state index contributed by atoms with van der Waals surface area (Å²) in [4.78, 5) is 30.0. The van der Waals surface area contributed by atoms with Gasteiger partial charge in [-0.15, -0.1) is 0 Å². The fraction of sp³-hybridized carbons (Fsp3) is 0.125. The number of carbonyl (C=O) groups excluding carboxylic acids is 2. The number of amides is 1. The molecule has 0 atom stereocenters. The maximum Gasteiger partial charge on any atom is 0.229 e. The number of hydrogen-bond acceptors (Lipinski definition) is 4. The molecule has 1 aliphatic rings. The van der Waals surface area contributed by atoms with E-state index in [0.29, 0.717) is 38.1 Å². The first-order valence-electron chi connectivity index (χ1n) is 9.91. The van der Waals surface area contributed by atoms with Gasteiger partial charge in [0.2, 0.25) is 11.6 Å². The molecule has 0 saturated carbocycles. The summed E-state index contributed by atoms with van der Waals surface area (Å²) in [5.41, 5.74) is 4.25. The first-order chi connectivity index (χ1) is 15.4. The molecule has 160 valence electrons. The van der Waals surface area contributed by atoms with Crippen LogP contribution in [0.15, 0.2) is 51.4 Å². The number of pyridine rings is 1. The molecule has 32 heavy (non-hydrogen) atoms. The SMILES string of the molecule is CCC(=O)c1oc2nc(-c3ccc(Br)cc3Cl)c(-c3ccc(Cl)cc3)c3c2c1NC(=O)C3. The summed E-state index contributed by atoms with van der Waals surface area (Å²) in [6.45, 7) is 1.74. The van der Waals surface area contributed by atoms with Crippen molar-refractivity contribution in [3.63, 3.8) is 0 Å². The molecular weight excluding hydrogens is 515 g/mol. The minimum absolute atomic E-state index is 0.115. The van der Waals surface area contributed by atoms with Crippen molar-refractivity contribution >= 4 is 67.6 Å². The lowest BCUT2D eigenvalue weighted by Crippen LogP contribution is -2.21. The van der Waals surface area contributed by atoms with Crippen molar-refractivity contribution in [1.29, 1.82) is 0 Å². The standard InChI is InChI=1S/C24H15BrCl2N2O3/c1-2-17(30)23-22-20-15(10-18(31)28-22)19(11-3-6-13(26)7-4-11)21(29-24(20)32-23)14-8-5-12(25)9-16(14)27/h3-9H,2,10H2,1H3,(H,28,31). The number of halogens is 3. The molecular formula is C24H15BrCl2N2O3. The fourth-order valence-corrected chi connectivity index (χ4v) is 4.89. The van der Waals surface area contributed by atoms with Crippen LogP contribution in [0.3, 0.4) is 0 Å². The van der Waals surface area contributed by atoms with E-state index in [9.17, 15) is 9.59 Å². The summed E-state index contributed by atoms with van der Waals surface area (Å²) < 4.78 is 6.73. The number of hydrogen-bond donors (Lipinski definition) is 1. The minimum Gasteiger partial charge on any atom is -0.432 e. The smallest absolute Gasteiger partial charge is 0.229 e. The van der Waals surface area contributed by atoms with Crippen LogP contribution in [0.5, 0.6) is 0 Å². The molecule has 0 bridgehead atoms. The van der Waals surface area contributed by atoms with Crippen LogP contribution < -0.4 is 5.32 Å². The van der Waals surface area contributed by atoms with Crippen molar-refractivity contribution in [3.05, 3.63) is 68.3 Å². The van der Waals surface area contributed by atoms with Gasteiger partial charge < -0.3 is 9.73 Å². The zero-order chi connectivity index (χ0) is 22.6. The molecule has 1 amide bonds. The number of benzene rings is 2. The van der Waals surface area contributed by atoms with Gasteiger partial charge in [0, 0.05) is 27.0 Å². The first-order valence-corrected chi connectivity index (χ1v) is 11.5. The first kappa shape index (κ1) is 21.2. The van der Waals surface area contributed by atoms with Gasteiger partial charge in [-0.25, -0.2) is 4.98 Å². The maximum atomic E-state index is 12.7. The molecule has 2 aromatic carbocycles. The quantitative estimate of drug-likeness (QED) is 0.281. The Morgan fingerprint density at radius 3 is 2.62 bits per heavy atom. The summed E-state index contributed by atoms with van der Waals surface area (Å²) in [5, 5.41) is 4.53. The molecule has 0 saturated heterocycles. The number of ketones is 1. The summed E-state index contributed by atoms with van der Waals surface area (Å²) in [7, 11) is 0. The van der Waals surface area contributed by atoms with E-state index >= 15 is 0 Å². The number of Topliss-reactive ketones (excluding diaryl/α,β-unsaturated/α-hetero) is 1. The maximum absolute atomic E-state index is 12.7. The number of nitrogens with one attached hydrogen (secondary N) is 1. The van der Waals surface area contributed by atoms with Crippen LogP contribution in [0.1, 0.15) is 29.5 Å². The molecule has 0 aliphatic carbocycles. The number of anilines is 1. The Bertz CT molecular complexity index is 1430. The molecule has 3 heterocycles. The van der Waals surface area contributed by atoms with Gasteiger partial charge >= 0.3 is 0 Å². The number of rotatable bonds is 4. The van der Waals surface area contributed by atoms with Crippen LogP contribution in [0.4, 0.5) is 5.69 Å². The molecule has 1 aliphatic heterocycles. The molecule has 5 nitrogen and oxygen atoms in total. The van der Waals surface area contributed by atoms with E-state index in [2.05, 4.69) is 21.2 Å². The van der Waals surface area contributed by atoms with Crippen LogP contribution in [0.2, 0.25) is 10.0 Å². The average molecular weight is 530 g/mol. The fourth-order valence-electron chi connectivity index (χ4n) is 4.00. The van der Waals surface area contributed by atoms with Gasteiger partial charge in [-0.3, -0.25) is 9.59 Å². The van der Waals surface area contributed by atoms with Gasteiger partial charge in [0.25, 0.3) is 0 Å². The van der Waals surface area contributed by atoms with Crippen LogP contribution >= 0.6 is 39.1 Å². The number of carbonyl (C=O) groups is 2. The second-order valence-electron chi connectivity index (χ2n) is 7.43. The van der Waals surface area contributed by atoms with Crippen molar-refractivity contribution in [2.45, 2.75) is 19.8 Å². The van der Waals surface area contributed by atoms with E-state index < -0.39 is 0 Å². The van der Waals surface area contributed by atoms with E-state index in [1.165, 1.54) is 0 Å². The van der Waals surface area contributed by atoms with Gasteiger partial charge in [0.05, 0.1) is 22.5 Å². The lowest BCUT2D eigenvalue weighted by molar-refractivity contribution is -0.115. The van der Waals surface area contributed by atoms with E-state index in [0.717, 1.165) is 21.2 Å². The van der Waals surface area contributed by atoms with E-state index in [1.54, 1.807) is 25.1 Å². The lowest BCUT2D eigenvalue weighted by Gasteiger charge is -2.20. The van der Waals surface area contributed by atoms with Gasteiger partial charge in [0.15, 0.2) is 11.5 Å². The van der Waals surface area contributed by atoms with Crippen molar-refractivity contribution < 1.29 is 14.0 Å². The van der Waals surface area contributed by atoms with Gasteiger partial charge in [-0.1, -0.05) is 64.3 Å². The predicted octanol–water partition coefficient (Wildman–Crippen LogP) is 7.32. The Morgan fingerprint density at radius 2 is 1.94 bits per heavy atom. The zero-order valence-corrected chi connectivity index (χ0v) is 19.9. The predicted molar refractivity (Wildman–Crippen MR) is 130 cm³/mol. The van der Waals surface area contributed by atoms with Crippen LogP contribution in [0.25, 0.3) is 33.5 Å². The highest BCUT2D eigenvalue weighted by atomic mass is 79.9. The largest absolute Gasteiger partial charge is 0.432 e. The summed E-state index contributed by atoms with van der Waals surface area (Å²) in [5.74, 6) is -0.313. The Hall–Kier alpha value is -2.67.